The van der Waals surface area contributed by atoms with Crippen LogP contribution in [0.2, 0.25) is 0 Å². The molecule has 0 aliphatic carbocycles. The first-order valence-electron chi connectivity index (χ1n) is 6.22. The maximum Gasteiger partial charge on any atom is 0.295 e. The van der Waals surface area contributed by atoms with Crippen LogP contribution in [-0.4, -0.2) is 4.98 Å². The van der Waals surface area contributed by atoms with E-state index in [1.165, 1.54) is 9.75 Å². The zero-order valence-electron chi connectivity index (χ0n) is 10.6. The number of nitrogens with two attached hydrogens (primary N) is 1. The number of fused-ring (bicyclic) bond motifs is 1. The van der Waals surface area contributed by atoms with Crippen molar-refractivity contribution in [3.05, 3.63) is 40.1 Å². The molecule has 0 atom stereocenters. The number of anilines is 2. The first-order valence-corrected chi connectivity index (χ1v) is 7.04. The van der Waals surface area contributed by atoms with Crippen LogP contribution in [0, 0.1) is 0 Å². The maximum atomic E-state index is 5.71. The lowest BCUT2D eigenvalue weighted by molar-refractivity contribution is 0.615. The second-order valence-corrected chi connectivity index (χ2v) is 5.57. The minimum absolute atomic E-state index is 0.534. The molecule has 3 rings (SSSR count). The van der Waals surface area contributed by atoms with Gasteiger partial charge in [-0.1, -0.05) is 6.92 Å². The Kier molecular flexibility index (Phi) is 3.13. The smallest absolute Gasteiger partial charge is 0.295 e. The van der Waals surface area contributed by atoms with E-state index in [4.69, 9.17) is 10.2 Å². The fraction of sp³-hybridized carbons (Fsp3) is 0.214. The van der Waals surface area contributed by atoms with Gasteiger partial charge in [0.2, 0.25) is 0 Å². The first kappa shape index (κ1) is 12.0. The molecular formula is C14H15N3OS. The molecule has 98 valence electrons. The summed E-state index contributed by atoms with van der Waals surface area (Å²) in [5.41, 5.74) is 7.92. The largest absolute Gasteiger partial charge is 0.423 e. The van der Waals surface area contributed by atoms with E-state index in [-0.39, 0.29) is 0 Å². The lowest BCUT2D eigenvalue weighted by atomic mass is 10.3. The molecule has 0 unspecified atom stereocenters. The molecule has 0 saturated carbocycles. The van der Waals surface area contributed by atoms with Crippen molar-refractivity contribution in [2.75, 3.05) is 11.1 Å². The van der Waals surface area contributed by atoms with Gasteiger partial charge >= 0.3 is 0 Å². The van der Waals surface area contributed by atoms with E-state index >= 15 is 0 Å². The second kappa shape index (κ2) is 4.93. The van der Waals surface area contributed by atoms with Crippen molar-refractivity contribution in [2.24, 2.45) is 0 Å². The van der Waals surface area contributed by atoms with Crippen LogP contribution >= 0.6 is 11.3 Å². The van der Waals surface area contributed by atoms with Crippen molar-refractivity contribution in [1.82, 2.24) is 4.98 Å². The van der Waals surface area contributed by atoms with E-state index in [1.54, 1.807) is 6.07 Å². The number of hydrogen-bond donors (Lipinski definition) is 2. The van der Waals surface area contributed by atoms with Gasteiger partial charge in [0.05, 0.1) is 6.54 Å². The predicted molar refractivity (Wildman–Crippen MR) is 79.4 cm³/mol. The quantitative estimate of drug-likeness (QED) is 0.712. The van der Waals surface area contributed by atoms with Crippen LogP contribution in [0.5, 0.6) is 0 Å². The summed E-state index contributed by atoms with van der Waals surface area (Å²) < 4.78 is 5.61. The monoisotopic (exact) mass is 273 g/mol. The van der Waals surface area contributed by atoms with E-state index in [0.29, 0.717) is 17.3 Å². The van der Waals surface area contributed by atoms with E-state index in [1.807, 2.05) is 23.5 Å². The van der Waals surface area contributed by atoms with Gasteiger partial charge in [-0.2, -0.15) is 4.98 Å². The number of nitrogens with zero attached hydrogens (tertiary/aromatic N) is 1. The minimum atomic E-state index is 0.534. The van der Waals surface area contributed by atoms with Crippen LogP contribution in [0.1, 0.15) is 16.7 Å². The average molecular weight is 273 g/mol. The summed E-state index contributed by atoms with van der Waals surface area (Å²) in [6, 6.07) is 10.3. The molecule has 0 fully saturated rings. The highest BCUT2D eigenvalue weighted by Crippen LogP contribution is 2.22. The number of benzene rings is 1. The van der Waals surface area contributed by atoms with Crippen molar-refractivity contribution in [2.45, 2.75) is 19.9 Å². The van der Waals surface area contributed by atoms with Gasteiger partial charge in [-0.05, 0) is 30.7 Å². The van der Waals surface area contributed by atoms with Gasteiger partial charge in [0.1, 0.15) is 5.52 Å². The topological polar surface area (TPSA) is 64.1 Å². The SMILES string of the molecule is CCc1ccc(CNc2nc3ccc(N)cc3o2)s1. The molecular weight excluding hydrogens is 258 g/mol. The Morgan fingerprint density at radius 2 is 2.11 bits per heavy atom. The van der Waals surface area contributed by atoms with Crippen LogP contribution in [0.25, 0.3) is 11.1 Å². The third-order valence-electron chi connectivity index (χ3n) is 2.89. The predicted octanol–water partition coefficient (Wildman–Crippen LogP) is 3.65. The Balaban J connectivity index is 1.74. The van der Waals surface area contributed by atoms with Crippen LogP contribution in [0.4, 0.5) is 11.7 Å². The second-order valence-electron chi connectivity index (χ2n) is 4.32. The normalized spacial score (nSPS) is 11.0. The number of rotatable bonds is 4. The molecule has 3 aromatic rings. The highest BCUT2D eigenvalue weighted by molar-refractivity contribution is 7.12. The number of aryl methyl sites for hydroxylation is 1. The van der Waals surface area contributed by atoms with Crippen molar-refractivity contribution in [3.8, 4) is 0 Å². The van der Waals surface area contributed by atoms with E-state index < -0.39 is 0 Å². The highest BCUT2D eigenvalue weighted by Gasteiger charge is 2.06. The summed E-state index contributed by atoms with van der Waals surface area (Å²) in [5.74, 6) is 0. The summed E-state index contributed by atoms with van der Waals surface area (Å²) in [6.45, 7) is 2.89. The molecule has 19 heavy (non-hydrogen) atoms. The molecule has 2 aromatic heterocycles. The fourth-order valence-corrected chi connectivity index (χ4v) is 2.78. The minimum Gasteiger partial charge on any atom is -0.423 e. The third-order valence-corrected chi connectivity index (χ3v) is 4.12. The Morgan fingerprint density at radius 3 is 2.89 bits per heavy atom. The number of oxazole rings is 1. The molecule has 5 heteroatoms. The zero-order valence-corrected chi connectivity index (χ0v) is 11.5. The molecule has 0 bridgehead atoms. The van der Waals surface area contributed by atoms with Crippen molar-refractivity contribution < 1.29 is 4.42 Å². The molecule has 0 aliphatic heterocycles. The molecule has 2 heterocycles. The molecule has 0 radical (unpaired) electrons. The van der Waals surface area contributed by atoms with Crippen molar-refractivity contribution >= 4 is 34.1 Å². The third kappa shape index (κ3) is 2.56. The maximum absolute atomic E-state index is 5.71. The van der Waals surface area contributed by atoms with E-state index in [0.717, 1.165) is 18.5 Å². The highest BCUT2D eigenvalue weighted by atomic mass is 32.1. The van der Waals surface area contributed by atoms with Gasteiger partial charge in [-0.3, -0.25) is 0 Å². The summed E-state index contributed by atoms with van der Waals surface area (Å²) >= 11 is 1.81. The number of thiophene rings is 1. The van der Waals surface area contributed by atoms with Gasteiger partial charge in [-0.15, -0.1) is 11.3 Å². The molecule has 0 aliphatic rings. The summed E-state index contributed by atoms with van der Waals surface area (Å²) in [5, 5.41) is 3.20. The van der Waals surface area contributed by atoms with Gasteiger partial charge in [0.25, 0.3) is 6.01 Å². The number of nitrogen functional groups attached to an aromatic ring is 1. The lowest BCUT2D eigenvalue weighted by Crippen LogP contribution is -1.96. The van der Waals surface area contributed by atoms with Gasteiger partial charge in [-0.25, -0.2) is 0 Å². The molecule has 0 amide bonds. The Bertz CT molecular complexity index is 702. The molecule has 3 N–H and O–H groups in total. The van der Waals surface area contributed by atoms with Gasteiger partial charge < -0.3 is 15.5 Å². The van der Waals surface area contributed by atoms with Gasteiger partial charge in [0, 0.05) is 21.5 Å². The van der Waals surface area contributed by atoms with E-state index in [2.05, 4.69) is 29.4 Å². The number of hydrogen-bond acceptors (Lipinski definition) is 5. The summed E-state index contributed by atoms with van der Waals surface area (Å²) in [4.78, 5) is 7.03. The Labute approximate surface area is 115 Å². The van der Waals surface area contributed by atoms with Crippen LogP contribution in [0.15, 0.2) is 34.7 Å². The lowest BCUT2D eigenvalue weighted by Gasteiger charge is -1.97. The first-order chi connectivity index (χ1) is 9.24. The summed E-state index contributed by atoms with van der Waals surface area (Å²) in [6.07, 6.45) is 1.08. The van der Waals surface area contributed by atoms with Crippen molar-refractivity contribution in [1.29, 1.82) is 0 Å². The summed E-state index contributed by atoms with van der Waals surface area (Å²) in [7, 11) is 0. The molecule has 4 nitrogen and oxygen atoms in total. The van der Waals surface area contributed by atoms with E-state index in [9.17, 15) is 0 Å². The van der Waals surface area contributed by atoms with Gasteiger partial charge in [0.15, 0.2) is 5.58 Å². The molecule has 0 spiro atoms. The number of nitrogens with one attached hydrogen (secondary N) is 1. The van der Waals surface area contributed by atoms with Crippen LogP contribution in [-0.2, 0) is 13.0 Å². The standard InChI is InChI=1S/C14H15N3OS/c1-2-10-4-5-11(19-10)8-16-14-17-12-6-3-9(15)7-13(12)18-14/h3-7H,2,8,15H2,1H3,(H,16,17). The molecule has 0 saturated heterocycles. The average Bonchev–Trinajstić information content (AvgIpc) is 3.01. The molecule has 1 aromatic carbocycles. The zero-order chi connectivity index (χ0) is 13.2. The Hall–Kier alpha value is -2.01. The van der Waals surface area contributed by atoms with Crippen LogP contribution < -0.4 is 11.1 Å². The van der Waals surface area contributed by atoms with Crippen molar-refractivity contribution in [3.63, 3.8) is 0 Å². The van der Waals surface area contributed by atoms with Crippen LogP contribution in [0.3, 0.4) is 0 Å². The fourth-order valence-electron chi connectivity index (χ4n) is 1.89. The Morgan fingerprint density at radius 1 is 1.26 bits per heavy atom. The number of aromatic nitrogens is 1.